The van der Waals surface area contributed by atoms with Crippen molar-refractivity contribution in [3.63, 3.8) is 0 Å². The topological polar surface area (TPSA) is 817 Å². The number of nitrogens with two attached hydrogens (primary N) is 7. The van der Waals surface area contributed by atoms with Crippen molar-refractivity contribution in [3.05, 3.63) is 48.0 Å². The molecule has 49 nitrogen and oxygen atoms in total. The van der Waals surface area contributed by atoms with Crippen molar-refractivity contribution in [2.45, 2.75) is 274 Å². The van der Waals surface area contributed by atoms with Gasteiger partial charge in [0.2, 0.25) is 112 Å². The van der Waals surface area contributed by atoms with Crippen LogP contribution in [0.4, 0.5) is 0 Å². The molecule has 136 heavy (non-hydrogen) atoms. The maximum atomic E-state index is 14.7. The first-order valence-electron chi connectivity index (χ1n) is 44.9. The van der Waals surface area contributed by atoms with Gasteiger partial charge >= 0.3 is 5.97 Å². The van der Waals surface area contributed by atoms with Crippen molar-refractivity contribution in [2.24, 2.45) is 57.9 Å². The predicted octanol–water partition coefficient (Wildman–Crippen LogP) is -8.98. The summed E-state index contributed by atoms with van der Waals surface area (Å²) in [7, 11) is 0. The number of nitrogens with zero attached hydrogens (tertiary/aromatic N) is 1. The number of carbonyl (C=O) groups excluding carboxylic acids is 19. The predicted molar refractivity (Wildman–Crippen MR) is 507 cm³/mol. The van der Waals surface area contributed by atoms with Crippen LogP contribution in [0.5, 0.6) is 5.75 Å². The van der Waals surface area contributed by atoms with E-state index < -0.39 is 264 Å². The lowest BCUT2D eigenvalue weighted by atomic mass is 9.96. The highest BCUT2D eigenvalue weighted by Crippen LogP contribution is 2.18. The fraction of sp³-hybridized carbons (Fsp3) is 0.655. The summed E-state index contributed by atoms with van der Waals surface area (Å²) in [5.41, 5.74) is 40.0. The van der Waals surface area contributed by atoms with Crippen molar-refractivity contribution in [1.82, 2.24) is 100 Å². The SMILES string of the molecule is CC[C@H](C)[C@H](NC(=O)[C@H](CCCCN)NC(=O)[C@H](CS)NC(=O)[C@H](Cc1ccc(O)cc1)NC(=O)[C@H](CC(N)=O)NC(=O)[C@@H](N)CC(N)=O)C(=O)N[C@@H](CCCCN)C(=O)N[C@@H](CS)C(=O)N[C@@H](CC(C)C)C(=O)N[C@@H](CCCCN)C(=O)NCC(=O)NCC(=O)N[C@H](C(=O)N[C@@H](Cc1cnc[nH]1)C(=O)N[C@H](C(=O)N[C@@H](C)C(=O)N[C@@H](CS)C(=O)N[C@@H](CCCCN)C(=O)O)[C@@H](C)O)C(C)C. The molecule has 0 aliphatic rings. The third-order valence-electron chi connectivity index (χ3n) is 21.2. The lowest BCUT2D eigenvalue weighted by molar-refractivity contribution is -0.142. The number of thiol groups is 3. The first-order chi connectivity index (χ1) is 64.2. The van der Waals surface area contributed by atoms with Crippen LogP contribution in [-0.4, -0.2) is 303 Å². The Morgan fingerprint density at radius 2 is 0.772 bits per heavy atom. The van der Waals surface area contributed by atoms with Gasteiger partial charge in [-0.25, -0.2) is 9.78 Å². The Bertz CT molecular complexity index is 4260. The van der Waals surface area contributed by atoms with E-state index in [2.05, 4.69) is 138 Å². The average Bonchev–Trinajstić information content (AvgIpc) is 0.924. The van der Waals surface area contributed by atoms with Crippen LogP contribution in [0, 0.1) is 17.8 Å². The number of hydrogen-bond donors (Lipinski definition) is 31. The van der Waals surface area contributed by atoms with Crippen LogP contribution >= 0.6 is 37.9 Å². The van der Waals surface area contributed by atoms with Gasteiger partial charge in [0, 0.05) is 42.0 Å². The van der Waals surface area contributed by atoms with Crippen molar-refractivity contribution in [2.75, 3.05) is 56.5 Å². The summed E-state index contributed by atoms with van der Waals surface area (Å²) in [5, 5.41) is 72.7. The van der Waals surface area contributed by atoms with Crippen molar-refractivity contribution in [1.29, 1.82) is 0 Å². The Hall–Kier alpha value is -11.6. The normalized spacial score (nSPS) is 15.2. The smallest absolute Gasteiger partial charge is 0.326 e. The van der Waals surface area contributed by atoms with Crippen LogP contribution in [0.15, 0.2) is 36.8 Å². The summed E-state index contributed by atoms with van der Waals surface area (Å²) in [6, 6.07) is -18.4. The minimum atomic E-state index is -1.78. The largest absolute Gasteiger partial charge is 0.508 e. The van der Waals surface area contributed by atoms with Gasteiger partial charge < -0.3 is 151 Å². The molecule has 0 bridgehead atoms. The number of aromatic hydroxyl groups is 1. The monoisotopic (exact) mass is 1980 g/mol. The molecule has 52 heteroatoms. The molecular weight excluding hydrogens is 1840 g/mol. The molecule has 0 spiro atoms. The Labute approximate surface area is 805 Å². The molecule has 19 amide bonds. The number of phenolic OH excluding ortho intramolecular Hbond substituents is 1. The molecule has 1 heterocycles. The van der Waals surface area contributed by atoms with Gasteiger partial charge in [-0.1, -0.05) is 60.1 Å². The molecule has 0 aliphatic heterocycles. The third kappa shape index (κ3) is 45.4. The number of amides is 19. The number of H-pyrrole nitrogens is 1. The number of primary amides is 2. The lowest BCUT2D eigenvalue weighted by Gasteiger charge is -2.30. The molecule has 0 saturated heterocycles. The molecule has 0 radical (unpaired) electrons. The number of aromatic nitrogens is 2. The summed E-state index contributed by atoms with van der Waals surface area (Å²) in [4.78, 5) is 279. The molecule has 1 aromatic heterocycles. The second kappa shape index (κ2) is 64.5. The van der Waals surface area contributed by atoms with Crippen LogP contribution in [0.1, 0.15) is 169 Å². The van der Waals surface area contributed by atoms with Gasteiger partial charge in [-0.15, -0.1) is 0 Å². The summed E-state index contributed by atoms with van der Waals surface area (Å²) >= 11 is 12.8. The van der Waals surface area contributed by atoms with Crippen LogP contribution in [0.3, 0.4) is 0 Å². The van der Waals surface area contributed by atoms with E-state index in [9.17, 15) is 111 Å². The number of phenols is 1. The number of aliphatic hydroxyl groups is 1. The number of benzene rings is 1. The van der Waals surface area contributed by atoms with E-state index in [0.29, 0.717) is 49.9 Å². The summed E-state index contributed by atoms with van der Waals surface area (Å²) in [5.74, 6) is -22.5. The second-order valence-corrected chi connectivity index (χ2v) is 34.6. The number of carboxylic acid groups (broad SMARTS) is 1. The van der Waals surface area contributed by atoms with Gasteiger partial charge in [-0.2, -0.15) is 37.9 Å². The molecule has 2 aromatic rings. The minimum absolute atomic E-state index is 0.0353. The molecule has 2 rings (SSSR count). The Morgan fingerprint density at radius 3 is 1.23 bits per heavy atom. The van der Waals surface area contributed by atoms with Gasteiger partial charge in [0.15, 0.2) is 0 Å². The highest BCUT2D eigenvalue weighted by atomic mass is 32.1. The van der Waals surface area contributed by atoms with Crippen LogP contribution in [0.25, 0.3) is 0 Å². The van der Waals surface area contributed by atoms with E-state index in [0.717, 1.165) is 6.92 Å². The molecule has 0 fully saturated rings. The Morgan fingerprint density at radius 1 is 0.397 bits per heavy atom. The quantitative estimate of drug-likeness (QED) is 0.0216. The summed E-state index contributed by atoms with van der Waals surface area (Å²) in [6.45, 7) is 11.6. The number of hydrogen-bond acceptors (Lipinski definition) is 31. The van der Waals surface area contributed by atoms with Gasteiger partial charge in [0.25, 0.3) is 0 Å². The van der Waals surface area contributed by atoms with E-state index in [4.69, 9.17) is 40.1 Å². The highest BCUT2D eigenvalue weighted by Gasteiger charge is 2.40. The van der Waals surface area contributed by atoms with E-state index in [1.165, 1.54) is 43.7 Å². The number of imidazole rings is 1. The van der Waals surface area contributed by atoms with E-state index >= 15 is 0 Å². The van der Waals surface area contributed by atoms with Crippen molar-refractivity contribution < 1.29 is 111 Å². The molecule has 0 aliphatic carbocycles. The number of unbranched alkanes of at least 4 members (excludes halogenated alkanes) is 4. The van der Waals surface area contributed by atoms with Crippen molar-refractivity contribution in [3.8, 4) is 5.75 Å². The van der Waals surface area contributed by atoms with Crippen LogP contribution in [-0.2, 0) is 109 Å². The number of aromatic amines is 1. The molecule has 0 saturated carbocycles. The third-order valence-corrected chi connectivity index (χ3v) is 22.3. The zero-order valence-electron chi connectivity index (χ0n) is 77.9. The van der Waals surface area contributed by atoms with Gasteiger partial charge in [0.1, 0.15) is 96.4 Å². The molecule has 0 unspecified atom stereocenters. The number of aliphatic hydroxyl groups excluding tert-OH is 1. The Kier molecular flexibility index (Phi) is 57.1. The van der Waals surface area contributed by atoms with Crippen LogP contribution in [0.2, 0.25) is 0 Å². The van der Waals surface area contributed by atoms with E-state index in [1.54, 1.807) is 41.5 Å². The fourth-order valence-electron chi connectivity index (χ4n) is 13.2. The second-order valence-electron chi connectivity index (χ2n) is 33.5. The minimum Gasteiger partial charge on any atom is -0.508 e. The number of aliphatic carboxylic acids is 1. The molecule has 18 atom stereocenters. The van der Waals surface area contributed by atoms with Crippen LogP contribution < -0.4 is 131 Å². The maximum Gasteiger partial charge on any atom is 0.326 e. The van der Waals surface area contributed by atoms with Crippen molar-refractivity contribution >= 4 is 156 Å². The highest BCUT2D eigenvalue weighted by molar-refractivity contribution is 7.80. The summed E-state index contributed by atoms with van der Waals surface area (Å²) in [6.07, 6.45) is 1.74. The van der Waals surface area contributed by atoms with Gasteiger partial charge in [0.05, 0.1) is 44.4 Å². The first-order valence-corrected chi connectivity index (χ1v) is 46.8. The molecular formula is C84H142N26O23S3. The average molecular weight is 1980 g/mol. The number of carboxylic acids is 1. The maximum absolute atomic E-state index is 14.7. The molecule has 1 aromatic carbocycles. The standard InChI is InChI=1S/C84H142N26O23S3/c1-9-44(6)67(109-73(121)53(20-12-16-28-87)98-78(126)60(39-135)107-75(123)56(31-47-22-24-49(112)25-23-47)103-76(124)58(34-63(91)114)101-70(118)50(89)33-62(90)113)82(130)99-52(19-11-15-27-86)72(120)106-61(40-136)80(128)102-55(30-42(2)3)74(122)97-51(18-10-14-26-85)71(119)94-36-64(115)93-37-65(116)108-66(43(4)5)81(129)104-57(32-48-35-92-41-95-48)77(125)110-68(46(8)111)83(131)96-45(7)69(117)105-59(38-134)79(127)100-54(84(132)133)21-13-17-29-88/h22-25,35,41-46,50-61,66-68,111-112,134-136H,9-21,26-34,36-40,85-89H2,1-8H3,(H2,90,113)(H2,91,114)(H,92,95)(H,93,115)(H,94,119)(H,96,131)(H,97,122)(H,98,126)(H,99,130)(H,100,127)(H,101,118)(H,102,128)(H,103,124)(H,104,129)(H,105,117)(H,106,120)(H,107,123)(H,108,116)(H,109,121)(H,110,125)(H,132,133)/t44-,45-,46+,50-,51-,52-,53-,54-,55-,56-,57-,58-,59-,60-,61-,66-,67-,68-/m0/s1. The number of carbonyl (C=O) groups is 20. The zero-order valence-corrected chi connectivity index (χ0v) is 80.6. The van der Waals surface area contributed by atoms with Gasteiger partial charge in [-0.05, 0) is 159 Å². The molecule has 35 N–H and O–H groups in total. The number of rotatable bonds is 68. The Balaban J connectivity index is 2.33. The van der Waals surface area contributed by atoms with E-state index in [-0.39, 0.29) is 113 Å². The first kappa shape index (κ1) is 121. The zero-order chi connectivity index (χ0) is 103. The number of nitrogens with one attached hydrogen (secondary N) is 18. The fourth-order valence-corrected chi connectivity index (χ4v) is 14.0. The summed E-state index contributed by atoms with van der Waals surface area (Å²) < 4.78 is 0. The lowest BCUT2D eigenvalue weighted by Crippen LogP contribution is -2.62. The molecule has 764 valence electrons. The van der Waals surface area contributed by atoms with E-state index in [1.807, 2.05) is 0 Å². The van der Waals surface area contributed by atoms with Gasteiger partial charge in [-0.3, -0.25) is 91.1 Å².